The number of amides is 1. The number of carbonyl (C=O) groups is 1. The minimum absolute atomic E-state index is 0.259. The molecule has 1 fully saturated rings. The van der Waals surface area contributed by atoms with Gasteiger partial charge in [0, 0.05) is 24.0 Å². The van der Waals surface area contributed by atoms with Crippen molar-refractivity contribution < 1.29 is 4.79 Å². The fraction of sp³-hybridized carbons (Fsp3) is 0.353. The quantitative estimate of drug-likeness (QED) is 0.667. The van der Waals surface area contributed by atoms with Crippen LogP contribution in [0.25, 0.3) is 0 Å². The Morgan fingerprint density at radius 3 is 2.50 bits per heavy atom. The molecule has 3 rings (SSSR count). The van der Waals surface area contributed by atoms with Crippen LogP contribution in [0.1, 0.15) is 36.0 Å². The highest BCUT2D eigenvalue weighted by molar-refractivity contribution is 5.98. The summed E-state index contributed by atoms with van der Waals surface area (Å²) in [6.07, 6.45) is 5.42. The summed E-state index contributed by atoms with van der Waals surface area (Å²) in [6, 6.07) is 10.1. The topological polar surface area (TPSA) is 119 Å². The van der Waals surface area contributed by atoms with Crippen molar-refractivity contribution in [1.29, 1.82) is 0 Å². The van der Waals surface area contributed by atoms with Gasteiger partial charge in [0.25, 0.3) is 5.91 Å². The molecule has 0 atom stereocenters. The van der Waals surface area contributed by atoms with E-state index in [-0.39, 0.29) is 11.6 Å². The molecule has 0 aliphatic heterocycles. The highest BCUT2D eigenvalue weighted by atomic mass is 16.1. The third-order valence-corrected chi connectivity index (χ3v) is 4.20. The number of carbonyl (C=O) groups excluding carboxylic acids is 1. The van der Waals surface area contributed by atoms with Gasteiger partial charge in [0.15, 0.2) is 0 Å². The standard InChI is InChI=1S/C17H22N6O/c18-11-6-8-13(9-7-11)22-17-20-10-14(15(19)24)16(23-17)21-12-4-2-1-3-5-12/h1-5,10-11,13H,6-9,18H2,(H2,19,24)(H2,20,21,22,23)/t11-,13-. The molecule has 0 saturated heterocycles. The first-order chi connectivity index (χ1) is 11.6. The summed E-state index contributed by atoms with van der Waals surface area (Å²) >= 11 is 0. The summed E-state index contributed by atoms with van der Waals surface area (Å²) in [7, 11) is 0. The molecule has 1 amide bonds. The monoisotopic (exact) mass is 326 g/mol. The molecule has 6 N–H and O–H groups in total. The van der Waals surface area contributed by atoms with Crippen molar-refractivity contribution in [2.75, 3.05) is 10.6 Å². The molecule has 2 aromatic rings. The molecule has 1 saturated carbocycles. The summed E-state index contributed by atoms with van der Waals surface area (Å²) in [5.41, 5.74) is 12.4. The van der Waals surface area contributed by atoms with Crippen molar-refractivity contribution in [1.82, 2.24) is 9.97 Å². The molecule has 0 spiro atoms. The molecule has 1 heterocycles. The molecule has 7 heteroatoms. The molecule has 0 bridgehead atoms. The summed E-state index contributed by atoms with van der Waals surface area (Å²) in [5, 5.41) is 6.45. The molecule has 1 aliphatic rings. The van der Waals surface area contributed by atoms with Gasteiger partial charge in [0.1, 0.15) is 11.4 Å². The number of nitrogens with two attached hydrogens (primary N) is 2. The largest absolute Gasteiger partial charge is 0.365 e. The molecule has 7 nitrogen and oxygen atoms in total. The Bertz CT molecular complexity index is 697. The Labute approximate surface area is 140 Å². The zero-order valence-electron chi connectivity index (χ0n) is 13.4. The lowest BCUT2D eigenvalue weighted by Crippen LogP contribution is -2.33. The van der Waals surface area contributed by atoms with E-state index < -0.39 is 5.91 Å². The second-order valence-corrected chi connectivity index (χ2v) is 6.07. The number of para-hydroxylation sites is 1. The van der Waals surface area contributed by atoms with Crippen LogP contribution in [0.2, 0.25) is 0 Å². The highest BCUT2D eigenvalue weighted by Gasteiger charge is 2.20. The van der Waals surface area contributed by atoms with E-state index in [4.69, 9.17) is 11.5 Å². The van der Waals surface area contributed by atoms with Gasteiger partial charge in [-0.3, -0.25) is 4.79 Å². The predicted molar refractivity (Wildman–Crippen MR) is 94.1 cm³/mol. The molecule has 126 valence electrons. The van der Waals surface area contributed by atoms with Crippen LogP contribution < -0.4 is 22.1 Å². The SMILES string of the molecule is NC(=O)c1cnc(N[C@H]2CC[C@H](N)CC2)nc1Nc1ccccc1. The van der Waals surface area contributed by atoms with Crippen LogP contribution in [0.5, 0.6) is 0 Å². The minimum Gasteiger partial charge on any atom is -0.365 e. The van der Waals surface area contributed by atoms with Crippen LogP contribution in [0, 0.1) is 0 Å². The van der Waals surface area contributed by atoms with Crippen LogP contribution in [-0.2, 0) is 0 Å². The number of nitrogens with one attached hydrogen (secondary N) is 2. The smallest absolute Gasteiger partial charge is 0.254 e. The summed E-state index contributed by atoms with van der Waals surface area (Å²) in [5.74, 6) is 0.321. The van der Waals surface area contributed by atoms with Crippen molar-refractivity contribution in [3.63, 3.8) is 0 Å². The van der Waals surface area contributed by atoms with E-state index in [0.717, 1.165) is 31.4 Å². The van der Waals surface area contributed by atoms with Gasteiger partial charge in [0.2, 0.25) is 5.95 Å². The van der Waals surface area contributed by atoms with Gasteiger partial charge in [-0.2, -0.15) is 4.98 Å². The zero-order valence-corrected chi connectivity index (χ0v) is 13.4. The molecule has 24 heavy (non-hydrogen) atoms. The summed E-state index contributed by atoms with van der Waals surface area (Å²) in [4.78, 5) is 20.3. The van der Waals surface area contributed by atoms with Crippen LogP contribution >= 0.6 is 0 Å². The maximum absolute atomic E-state index is 11.6. The van der Waals surface area contributed by atoms with E-state index >= 15 is 0 Å². The fourth-order valence-electron chi connectivity index (χ4n) is 2.83. The number of hydrogen-bond acceptors (Lipinski definition) is 6. The Morgan fingerprint density at radius 2 is 1.83 bits per heavy atom. The van der Waals surface area contributed by atoms with Gasteiger partial charge < -0.3 is 22.1 Å². The van der Waals surface area contributed by atoms with Crippen molar-refractivity contribution in [3.8, 4) is 0 Å². The average Bonchev–Trinajstić information content (AvgIpc) is 2.58. The van der Waals surface area contributed by atoms with E-state index in [1.165, 1.54) is 6.20 Å². The second kappa shape index (κ2) is 7.27. The minimum atomic E-state index is -0.566. The van der Waals surface area contributed by atoms with Gasteiger partial charge >= 0.3 is 0 Å². The molecule has 0 unspecified atom stereocenters. The van der Waals surface area contributed by atoms with E-state index in [1.54, 1.807) is 0 Å². The highest BCUT2D eigenvalue weighted by Crippen LogP contribution is 2.22. The maximum Gasteiger partial charge on any atom is 0.254 e. The van der Waals surface area contributed by atoms with Gasteiger partial charge in [-0.15, -0.1) is 0 Å². The Morgan fingerprint density at radius 1 is 1.12 bits per heavy atom. The fourth-order valence-corrected chi connectivity index (χ4v) is 2.83. The lowest BCUT2D eigenvalue weighted by atomic mass is 9.92. The first-order valence-electron chi connectivity index (χ1n) is 8.13. The molecular weight excluding hydrogens is 304 g/mol. The van der Waals surface area contributed by atoms with Gasteiger partial charge in [-0.1, -0.05) is 18.2 Å². The molecule has 1 aromatic carbocycles. The van der Waals surface area contributed by atoms with Gasteiger partial charge in [0.05, 0.1) is 0 Å². The number of hydrogen-bond donors (Lipinski definition) is 4. The molecule has 1 aliphatic carbocycles. The number of rotatable bonds is 5. The van der Waals surface area contributed by atoms with E-state index in [0.29, 0.717) is 17.8 Å². The van der Waals surface area contributed by atoms with Crippen molar-refractivity contribution >= 4 is 23.4 Å². The van der Waals surface area contributed by atoms with Crippen LogP contribution in [0.3, 0.4) is 0 Å². The predicted octanol–water partition coefficient (Wildman–Crippen LogP) is 2.00. The normalized spacial score (nSPS) is 20.4. The van der Waals surface area contributed by atoms with Crippen molar-refractivity contribution in [3.05, 3.63) is 42.1 Å². The van der Waals surface area contributed by atoms with E-state index in [9.17, 15) is 4.79 Å². The Balaban J connectivity index is 1.79. The van der Waals surface area contributed by atoms with Crippen molar-refractivity contribution in [2.24, 2.45) is 11.5 Å². The Hall–Kier alpha value is -2.67. The summed E-state index contributed by atoms with van der Waals surface area (Å²) in [6.45, 7) is 0. The number of benzene rings is 1. The van der Waals surface area contributed by atoms with E-state index in [2.05, 4.69) is 20.6 Å². The lowest BCUT2D eigenvalue weighted by molar-refractivity contribution is 0.100. The molecule has 1 aromatic heterocycles. The number of primary amides is 1. The summed E-state index contributed by atoms with van der Waals surface area (Å²) < 4.78 is 0. The Kier molecular flexibility index (Phi) is 4.90. The first kappa shape index (κ1) is 16.2. The van der Waals surface area contributed by atoms with Crippen molar-refractivity contribution in [2.45, 2.75) is 37.8 Å². The second-order valence-electron chi connectivity index (χ2n) is 6.07. The number of nitrogens with zero attached hydrogens (tertiary/aromatic N) is 2. The molecular formula is C17H22N6O. The van der Waals surface area contributed by atoms with Crippen LogP contribution in [0.15, 0.2) is 36.5 Å². The molecule has 0 radical (unpaired) electrons. The maximum atomic E-state index is 11.6. The number of anilines is 3. The third kappa shape index (κ3) is 3.99. The third-order valence-electron chi connectivity index (χ3n) is 4.20. The zero-order chi connectivity index (χ0) is 16.9. The lowest BCUT2D eigenvalue weighted by Gasteiger charge is -2.26. The van der Waals surface area contributed by atoms with Gasteiger partial charge in [-0.05, 0) is 37.8 Å². The van der Waals surface area contributed by atoms with Gasteiger partial charge in [-0.25, -0.2) is 4.98 Å². The first-order valence-corrected chi connectivity index (χ1v) is 8.13. The average molecular weight is 326 g/mol. The van der Waals surface area contributed by atoms with E-state index in [1.807, 2.05) is 30.3 Å². The van der Waals surface area contributed by atoms with Crippen LogP contribution in [-0.4, -0.2) is 28.0 Å². The number of aromatic nitrogens is 2. The van der Waals surface area contributed by atoms with Crippen LogP contribution in [0.4, 0.5) is 17.5 Å².